The summed E-state index contributed by atoms with van der Waals surface area (Å²) in [6, 6.07) is 1.79. The Balaban J connectivity index is 2.46. The highest BCUT2D eigenvalue weighted by atomic mass is 32.1. The van der Waals surface area contributed by atoms with Crippen LogP contribution in [0.15, 0.2) is 23.8 Å². The summed E-state index contributed by atoms with van der Waals surface area (Å²) in [4.78, 5) is 18.8. The minimum atomic E-state index is 0.579. The summed E-state index contributed by atoms with van der Waals surface area (Å²) >= 11 is 1.55. The lowest BCUT2D eigenvalue weighted by molar-refractivity contribution is 0.112. The van der Waals surface area contributed by atoms with Gasteiger partial charge in [0.25, 0.3) is 0 Å². The van der Waals surface area contributed by atoms with Crippen molar-refractivity contribution in [2.24, 2.45) is 0 Å². The van der Waals surface area contributed by atoms with Gasteiger partial charge in [0.1, 0.15) is 5.01 Å². The van der Waals surface area contributed by atoms with E-state index in [-0.39, 0.29) is 0 Å². The van der Waals surface area contributed by atoms with Crippen LogP contribution in [0.1, 0.15) is 16.1 Å². The molecule has 2 heterocycles. The first-order chi connectivity index (χ1) is 6.79. The molecule has 0 unspecified atom stereocenters. The van der Waals surface area contributed by atoms with E-state index in [0.29, 0.717) is 5.56 Å². The SMILES string of the molecule is Cc1csc(-c2cncc(C=O)c2)n1. The maximum absolute atomic E-state index is 10.5. The monoisotopic (exact) mass is 204 g/mol. The molecule has 14 heavy (non-hydrogen) atoms. The third kappa shape index (κ3) is 1.70. The van der Waals surface area contributed by atoms with Crippen LogP contribution in [0.5, 0.6) is 0 Å². The van der Waals surface area contributed by atoms with Crippen LogP contribution in [-0.4, -0.2) is 16.3 Å². The molecule has 0 aromatic carbocycles. The maximum Gasteiger partial charge on any atom is 0.151 e. The number of rotatable bonds is 2. The first kappa shape index (κ1) is 9.02. The zero-order valence-corrected chi connectivity index (χ0v) is 8.41. The number of hydrogen-bond acceptors (Lipinski definition) is 4. The van der Waals surface area contributed by atoms with Gasteiger partial charge in [0, 0.05) is 34.6 Å². The molecule has 0 fully saturated rings. The van der Waals surface area contributed by atoms with Crippen LogP contribution in [0.3, 0.4) is 0 Å². The lowest BCUT2D eigenvalue weighted by atomic mass is 10.2. The molecule has 0 amide bonds. The number of carbonyl (C=O) groups is 1. The molecule has 0 saturated carbocycles. The average Bonchev–Trinajstić information content (AvgIpc) is 2.65. The van der Waals surface area contributed by atoms with Crippen LogP contribution in [0.4, 0.5) is 0 Å². The van der Waals surface area contributed by atoms with Crippen molar-refractivity contribution >= 4 is 17.6 Å². The molecule has 0 saturated heterocycles. The highest BCUT2D eigenvalue weighted by molar-refractivity contribution is 7.13. The minimum Gasteiger partial charge on any atom is -0.298 e. The van der Waals surface area contributed by atoms with Crippen LogP contribution < -0.4 is 0 Å². The second kappa shape index (κ2) is 3.67. The van der Waals surface area contributed by atoms with E-state index < -0.39 is 0 Å². The Morgan fingerprint density at radius 2 is 2.29 bits per heavy atom. The van der Waals surface area contributed by atoms with Gasteiger partial charge in [-0.3, -0.25) is 9.78 Å². The highest BCUT2D eigenvalue weighted by Gasteiger charge is 2.03. The van der Waals surface area contributed by atoms with Crippen molar-refractivity contribution in [3.8, 4) is 10.6 Å². The highest BCUT2D eigenvalue weighted by Crippen LogP contribution is 2.22. The van der Waals surface area contributed by atoms with Crippen LogP contribution in [0.25, 0.3) is 10.6 Å². The molecule has 70 valence electrons. The van der Waals surface area contributed by atoms with Gasteiger partial charge in [-0.2, -0.15) is 0 Å². The molecular formula is C10H8N2OS. The number of hydrogen-bond donors (Lipinski definition) is 0. The van der Waals surface area contributed by atoms with Crippen molar-refractivity contribution in [1.82, 2.24) is 9.97 Å². The Morgan fingerprint density at radius 3 is 2.93 bits per heavy atom. The summed E-state index contributed by atoms with van der Waals surface area (Å²) in [5.41, 5.74) is 2.46. The fraction of sp³-hybridized carbons (Fsp3) is 0.100. The van der Waals surface area contributed by atoms with Gasteiger partial charge < -0.3 is 0 Å². The van der Waals surface area contributed by atoms with E-state index in [1.807, 2.05) is 12.3 Å². The van der Waals surface area contributed by atoms with Crippen molar-refractivity contribution in [2.75, 3.05) is 0 Å². The van der Waals surface area contributed by atoms with Gasteiger partial charge in [-0.15, -0.1) is 11.3 Å². The quantitative estimate of drug-likeness (QED) is 0.705. The summed E-state index contributed by atoms with van der Waals surface area (Å²) in [7, 11) is 0. The third-order valence-corrected chi connectivity index (χ3v) is 2.77. The predicted octanol–water partition coefficient (Wildman–Crippen LogP) is 2.33. The van der Waals surface area contributed by atoms with Crippen LogP contribution in [0.2, 0.25) is 0 Å². The Morgan fingerprint density at radius 1 is 1.43 bits per heavy atom. The van der Waals surface area contributed by atoms with E-state index in [0.717, 1.165) is 22.6 Å². The molecule has 2 aromatic heterocycles. The summed E-state index contributed by atoms with van der Waals surface area (Å²) in [6.07, 6.45) is 4.04. The molecule has 4 heteroatoms. The molecule has 0 spiro atoms. The lowest BCUT2D eigenvalue weighted by Crippen LogP contribution is -1.84. The van der Waals surface area contributed by atoms with Crippen molar-refractivity contribution in [1.29, 1.82) is 0 Å². The van der Waals surface area contributed by atoms with Crippen molar-refractivity contribution < 1.29 is 4.79 Å². The maximum atomic E-state index is 10.5. The van der Waals surface area contributed by atoms with E-state index in [1.165, 1.54) is 6.20 Å². The van der Waals surface area contributed by atoms with E-state index in [2.05, 4.69) is 9.97 Å². The van der Waals surface area contributed by atoms with Crippen molar-refractivity contribution in [3.63, 3.8) is 0 Å². The smallest absolute Gasteiger partial charge is 0.151 e. The number of carbonyl (C=O) groups excluding carboxylic acids is 1. The minimum absolute atomic E-state index is 0.579. The number of pyridine rings is 1. The average molecular weight is 204 g/mol. The molecule has 0 atom stereocenters. The van der Waals surface area contributed by atoms with Gasteiger partial charge >= 0.3 is 0 Å². The third-order valence-electron chi connectivity index (χ3n) is 1.76. The summed E-state index contributed by atoms with van der Waals surface area (Å²) in [6.45, 7) is 1.94. The number of thiazole rings is 1. The fourth-order valence-corrected chi connectivity index (χ4v) is 1.90. The van der Waals surface area contributed by atoms with Crippen LogP contribution >= 0.6 is 11.3 Å². The second-order valence-corrected chi connectivity index (χ2v) is 3.78. The van der Waals surface area contributed by atoms with Crippen LogP contribution in [0, 0.1) is 6.92 Å². The zero-order chi connectivity index (χ0) is 9.97. The van der Waals surface area contributed by atoms with Crippen molar-refractivity contribution in [3.05, 3.63) is 35.1 Å². The van der Waals surface area contributed by atoms with Gasteiger partial charge in [-0.1, -0.05) is 0 Å². The normalized spacial score (nSPS) is 10.1. The molecule has 0 bridgehead atoms. The van der Waals surface area contributed by atoms with Gasteiger partial charge in [0.15, 0.2) is 6.29 Å². The van der Waals surface area contributed by atoms with E-state index >= 15 is 0 Å². The van der Waals surface area contributed by atoms with Crippen molar-refractivity contribution in [2.45, 2.75) is 6.92 Å². The topological polar surface area (TPSA) is 42.9 Å². The number of nitrogens with zero attached hydrogens (tertiary/aromatic N) is 2. The standard InChI is InChI=1S/C10H8N2OS/c1-7-6-14-10(12-7)9-2-8(5-13)3-11-4-9/h2-6H,1H3. The first-order valence-electron chi connectivity index (χ1n) is 4.12. The second-order valence-electron chi connectivity index (χ2n) is 2.92. The Kier molecular flexibility index (Phi) is 2.37. The Hall–Kier alpha value is -1.55. The predicted molar refractivity (Wildman–Crippen MR) is 55.5 cm³/mol. The van der Waals surface area contributed by atoms with E-state index in [9.17, 15) is 4.79 Å². The molecule has 0 aliphatic heterocycles. The molecule has 2 rings (SSSR count). The Labute approximate surface area is 85.5 Å². The number of aromatic nitrogens is 2. The summed E-state index contributed by atoms with van der Waals surface area (Å²) in [5.74, 6) is 0. The molecule has 2 aromatic rings. The zero-order valence-electron chi connectivity index (χ0n) is 7.60. The van der Waals surface area contributed by atoms with E-state index in [1.54, 1.807) is 23.6 Å². The summed E-state index contributed by atoms with van der Waals surface area (Å²) in [5, 5.41) is 2.88. The summed E-state index contributed by atoms with van der Waals surface area (Å²) < 4.78 is 0. The molecule has 0 radical (unpaired) electrons. The number of aryl methyl sites for hydroxylation is 1. The number of aldehydes is 1. The molecule has 0 aliphatic carbocycles. The van der Waals surface area contributed by atoms with Gasteiger partial charge in [-0.25, -0.2) is 4.98 Å². The molecular weight excluding hydrogens is 196 g/mol. The largest absolute Gasteiger partial charge is 0.298 e. The molecule has 3 nitrogen and oxygen atoms in total. The van der Waals surface area contributed by atoms with Gasteiger partial charge in [-0.05, 0) is 13.0 Å². The van der Waals surface area contributed by atoms with Crippen LogP contribution in [-0.2, 0) is 0 Å². The van der Waals surface area contributed by atoms with Gasteiger partial charge in [0.2, 0.25) is 0 Å². The first-order valence-corrected chi connectivity index (χ1v) is 5.00. The van der Waals surface area contributed by atoms with E-state index in [4.69, 9.17) is 0 Å². The molecule has 0 aliphatic rings. The lowest BCUT2D eigenvalue weighted by Gasteiger charge is -1.95. The Bertz CT molecular complexity index is 465. The fourth-order valence-electron chi connectivity index (χ4n) is 1.13. The molecule has 0 N–H and O–H groups in total. The van der Waals surface area contributed by atoms with Gasteiger partial charge in [0.05, 0.1) is 0 Å².